The number of rotatable bonds is 4. The summed E-state index contributed by atoms with van der Waals surface area (Å²) < 4.78 is 11.9. The average molecular weight is 389 g/mol. The molecule has 5 nitrogen and oxygen atoms in total. The summed E-state index contributed by atoms with van der Waals surface area (Å²) >= 11 is 3.46. The number of anilines is 1. The molecule has 3 aromatic rings. The monoisotopic (exact) mass is 388 g/mol. The van der Waals surface area contributed by atoms with E-state index in [0.717, 1.165) is 15.8 Å². The molecule has 0 unspecified atom stereocenters. The second-order valence-corrected chi connectivity index (χ2v) is 6.55. The number of amides is 1. The molecule has 1 aromatic heterocycles. The number of hydrogen-bond acceptors (Lipinski definition) is 4. The van der Waals surface area contributed by atoms with E-state index >= 15 is 0 Å². The molecule has 0 aliphatic rings. The minimum absolute atomic E-state index is 0.0304. The SMILES string of the molecule is COc1ccc(-c2nc3cc(NC(=O)C(C)C)ccc3o2)cc1Br. The van der Waals surface area contributed by atoms with Crippen LogP contribution in [0.4, 0.5) is 5.69 Å². The number of hydrogen-bond donors (Lipinski definition) is 1. The van der Waals surface area contributed by atoms with Crippen LogP contribution in [-0.2, 0) is 4.79 Å². The van der Waals surface area contributed by atoms with Crippen molar-refractivity contribution in [2.24, 2.45) is 5.92 Å². The Kier molecular flexibility index (Phi) is 4.57. The number of carbonyl (C=O) groups is 1. The van der Waals surface area contributed by atoms with E-state index in [4.69, 9.17) is 9.15 Å². The first-order chi connectivity index (χ1) is 11.5. The lowest BCUT2D eigenvalue weighted by Gasteiger charge is -2.06. The molecule has 0 radical (unpaired) electrons. The lowest BCUT2D eigenvalue weighted by Crippen LogP contribution is -2.17. The number of aromatic nitrogens is 1. The molecule has 0 saturated carbocycles. The van der Waals surface area contributed by atoms with Gasteiger partial charge in [-0.2, -0.15) is 0 Å². The van der Waals surface area contributed by atoms with Gasteiger partial charge < -0.3 is 14.5 Å². The van der Waals surface area contributed by atoms with Crippen LogP contribution in [0, 0.1) is 5.92 Å². The normalized spacial score (nSPS) is 11.0. The minimum atomic E-state index is -0.0785. The van der Waals surface area contributed by atoms with E-state index in [1.165, 1.54) is 0 Å². The van der Waals surface area contributed by atoms with Gasteiger partial charge in [0, 0.05) is 17.2 Å². The Hall–Kier alpha value is -2.34. The molecule has 0 saturated heterocycles. The highest BCUT2D eigenvalue weighted by Crippen LogP contribution is 2.32. The second kappa shape index (κ2) is 6.65. The molecule has 0 fully saturated rings. The molecule has 1 N–H and O–H groups in total. The van der Waals surface area contributed by atoms with Crippen molar-refractivity contribution >= 4 is 38.6 Å². The zero-order valence-corrected chi connectivity index (χ0v) is 15.2. The van der Waals surface area contributed by atoms with Crippen LogP contribution in [0.5, 0.6) is 5.75 Å². The summed E-state index contributed by atoms with van der Waals surface area (Å²) in [6.45, 7) is 3.70. The van der Waals surface area contributed by atoms with Gasteiger partial charge in [-0.15, -0.1) is 0 Å². The summed E-state index contributed by atoms with van der Waals surface area (Å²) in [5.41, 5.74) is 2.90. The largest absolute Gasteiger partial charge is 0.496 e. The number of carbonyl (C=O) groups excluding carboxylic acids is 1. The zero-order chi connectivity index (χ0) is 17.3. The number of nitrogens with one attached hydrogen (secondary N) is 1. The van der Waals surface area contributed by atoms with Crippen molar-refractivity contribution in [2.45, 2.75) is 13.8 Å². The number of benzene rings is 2. The van der Waals surface area contributed by atoms with Gasteiger partial charge in [-0.1, -0.05) is 13.8 Å². The predicted octanol–water partition coefficient (Wildman–Crippen LogP) is 4.86. The number of methoxy groups -OCH3 is 1. The van der Waals surface area contributed by atoms with E-state index in [2.05, 4.69) is 26.2 Å². The molecule has 1 amide bonds. The Bertz CT molecular complexity index is 902. The molecule has 0 aliphatic carbocycles. The highest BCUT2D eigenvalue weighted by molar-refractivity contribution is 9.10. The molecule has 1 heterocycles. The molecule has 6 heteroatoms. The van der Waals surface area contributed by atoms with Crippen LogP contribution in [0.2, 0.25) is 0 Å². The maximum atomic E-state index is 11.8. The topological polar surface area (TPSA) is 64.4 Å². The summed E-state index contributed by atoms with van der Waals surface area (Å²) in [5.74, 6) is 1.15. The summed E-state index contributed by atoms with van der Waals surface area (Å²) in [6.07, 6.45) is 0. The van der Waals surface area contributed by atoms with Crippen molar-refractivity contribution < 1.29 is 13.9 Å². The molecule has 0 atom stereocenters. The highest BCUT2D eigenvalue weighted by Gasteiger charge is 2.12. The van der Waals surface area contributed by atoms with Crippen molar-refractivity contribution in [3.63, 3.8) is 0 Å². The van der Waals surface area contributed by atoms with E-state index in [-0.39, 0.29) is 11.8 Å². The van der Waals surface area contributed by atoms with Crippen molar-refractivity contribution in [3.8, 4) is 17.2 Å². The first kappa shape index (κ1) is 16.5. The average Bonchev–Trinajstić information content (AvgIpc) is 2.97. The fraction of sp³-hybridized carbons (Fsp3) is 0.222. The number of ether oxygens (including phenoxy) is 1. The molecule has 0 aliphatic heterocycles. The Labute approximate surface area is 148 Å². The molecule has 3 rings (SSSR count). The number of oxazole rings is 1. The van der Waals surface area contributed by atoms with Crippen LogP contribution >= 0.6 is 15.9 Å². The van der Waals surface area contributed by atoms with Crippen molar-refractivity contribution in [3.05, 3.63) is 40.9 Å². The van der Waals surface area contributed by atoms with E-state index in [1.54, 1.807) is 19.2 Å². The Morgan fingerprint density at radius 3 is 2.71 bits per heavy atom. The summed E-state index contributed by atoms with van der Waals surface area (Å²) in [6, 6.07) is 11.0. The van der Waals surface area contributed by atoms with E-state index in [9.17, 15) is 4.79 Å². The van der Waals surface area contributed by atoms with E-state index < -0.39 is 0 Å². The van der Waals surface area contributed by atoms with Gasteiger partial charge in [0.1, 0.15) is 11.3 Å². The third kappa shape index (κ3) is 3.28. The smallest absolute Gasteiger partial charge is 0.227 e. The lowest BCUT2D eigenvalue weighted by molar-refractivity contribution is -0.118. The molecule has 2 aromatic carbocycles. The number of fused-ring (bicyclic) bond motifs is 1. The van der Waals surface area contributed by atoms with Gasteiger partial charge in [0.25, 0.3) is 0 Å². The van der Waals surface area contributed by atoms with Gasteiger partial charge in [0.05, 0.1) is 11.6 Å². The summed E-state index contributed by atoms with van der Waals surface area (Å²) in [7, 11) is 1.62. The van der Waals surface area contributed by atoms with Gasteiger partial charge in [-0.25, -0.2) is 4.98 Å². The fourth-order valence-corrected chi connectivity index (χ4v) is 2.76. The molecule has 0 spiro atoms. The van der Waals surface area contributed by atoms with Crippen LogP contribution in [0.25, 0.3) is 22.6 Å². The molecular formula is C18H17BrN2O3. The quantitative estimate of drug-likeness (QED) is 0.692. The van der Waals surface area contributed by atoms with Gasteiger partial charge in [0.2, 0.25) is 11.8 Å². The predicted molar refractivity (Wildman–Crippen MR) is 97.2 cm³/mol. The van der Waals surface area contributed by atoms with Crippen molar-refractivity contribution in [2.75, 3.05) is 12.4 Å². The summed E-state index contributed by atoms with van der Waals surface area (Å²) in [4.78, 5) is 16.3. The van der Waals surface area contributed by atoms with Gasteiger partial charge in [-0.05, 0) is 52.3 Å². The Morgan fingerprint density at radius 1 is 1.25 bits per heavy atom. The first-order valence-electron chi connectivity index (χ1n) is 7.53. The summed E-state index contributed by atoms with van der Waals surface area (Å²) in [5, 5.41) is 2.86. The number of nitrogens with zero attached hydrogens (tertiary/aromatic N) is 1. The Balaban J connectivity index is 1.94. The minimum Gasteiger partial charge on any atom is -0.496 e. The van der Waals surface area contributed by atoms with Crippen LogP contribution in [0.3, 0.4) is 0 Å². The van der Waals surface area contributed by atoms with Crippen molar-refractivity contribution in [1.29, 1.82) is 0 Å². The van der Waals surface area contributed by atoms with Crippen LogP contribution in [0.1, 0.15) is 13.8 Å². The van der Waals surface area contributed by atoms with Crippen LogP contribution < -0.4 is 10.1 Å². The van der Waals surface area contributed by atoms with Gasteiger partial charge >= 0.3 is 0 Å². The molecule has 0 bridgehead atoms. The van der Waals surface area contributed by atoms with Crippen LogP contribution in [-0.4, -0.2) is 18.0 Å². The lowest BCUT2D eigenvalue weighted by atomic mass is 10.2. The molecule has 124 valence electrons. The molecule has 24 heavy (non-hydrogen) atoms. The third-order valence-electron chi connectivity index (χ3n) is 3.58. The maximum Gasteiger partial charge on any atom is 0.227 e. The van der Waals surface area contributed by atoms with E-state index in [1.807, 2.05) is 38.1 Å². The van der Waals surface area contributed by atoms with Gasteiger partial charge in [0.15, 0.2) is 5.58 Å². The number of halogens is 1. The fourth-order valence-electron chi connectivity index (χ4n) is 2.21. The standard InChI is InChI=1S/C18H17BrN2O3/c1-10(2)17(22)20-12-5-7-16-14(9-12)21-18(24-16)11-4-6-15(23-3)13(19)8-11/h4-10H,1-3H3,(H,20,22). The Morgan fingerprint density at radius 2 is 2.04 bits per heavy atom. The second-order valence-electron chi connectivity index (χ2n) is 5.69. The zero-order valence-electron chi connectivity index (χ0n) is 13.6. The van der Waals surface area contributed by atoms with Gasteiger partial charge in [-0.3, -0.25) is 4.79 Å². The highest BCUT2D eigenvalue weighted by atomic mass is 79.9. The van der Waals surface area contributed by atoms with E-state index in [0.29, 0.717) is 22.7 Å². The van der Waals surface area contributed by atoms with Crippen molar-refractivity contribution in [1.82, 2.24) is 4.98 Å². The molecular weight excluding hydrogens is 372 g/mol. The van der Waals surface area contributed by atoms with Crippen LogP contribution in [0.15, 0.2) is 45.3 Å². The maximum absolute atomic E-state index is 11.8. The first-order valence-corrected chi connectivity index (χ1v) is 8.32. The third-order valence-corrected chi connectivity index (χ3v) is 4.20.